The van der Waals surface area contributed by atoms with Gasteiger partial charge in [-0.3, -0.25) is 4.79 Å². The number of phenolic OH excluding ortho intramolecular Hbond substituents is 1. The maximum atomic E-state index is 12.3. The molecule has 2 aromatic rings. The Morgan fingerprint density at radius 2 is 2.10 bits per heavy atom. The molecule has 0 saturated carbocycles. The van der Waals surface area contributed by atoms with Crippen molar-refractivity contribution in [1.82, 2.24) is 5.32 Å². The van der Waals surface area contributed by atoms with E-state index in [2.05, 4.69) is 5.32 Å². The number of ether oxygens (including phenoxy) is 1. The number of rotatable bonds is 2. The third kappa shape index (κ3) is 2.70. The van der Waals surface area contributed by atoms with E-state index in [9.17, 15) is 9.90 Å². The zero-order valence-corrected chi connectivity index (χ0v) is 11.8. The molecule has 0 bridgehead atoms. The summed E-state index contributed by atoms with van der Waals surface area (Å²) in [6.07, 6.45) is 0.718. The standard InChI is InChI=1S/C17H17NO3/c1-11-6-7-13(15(19)10-11)17(20)18-14-8-9-21-16-5-3-2-4-12(14)16/h2-7,10,14,19H,8-9H2,1H3,(H,18,20). The maximum Gasteiger partial charge on any atom is 0.255 e. The van der Waals surface area contributed by atoms with Gasteiger partial charge in [0.1, 0.15) is 11.5 Å². The lowest BCUT2D eigenvalue weighted by molar-refractivity contribution is 0.0922. The van der Waals surface area contributed by atoms with E-state index in [1.165, 1.54) is 0 Å². The summed E-state index contributed by atoms with van der Waals surface area (Å²) in [7, 11) is 0. The minimum atomic E-state index is -0.269. The Hall–Kier alpha value is -2.49. The van der Waals surface area contributed by atoms with Crippen molar-refractivity contribution in [2.75, 3.05) is 6.61 Å². The number of phenols is 1. The summed E-state index contributed by atoms with van der Waals surface area (Å²) in [5.74, 6) is 0.546. The van der Waals surface area contributed by atoms with Gasteiger partial charge in [-0.15, -0.1) is 0 Å². The lowest BCUT2D eigenvalue weighted by Crippen LogP contribution is -2.32. The number of aromatic hydroxyl groups is 1. The second-order valence-electron chi connectivity index (χ2n) is 5.22. The van der Waals surface area contributed by atoms with Gasteiger partial charge in [0.25, 0.3) is 5.91 Å². The van der Waals surface area contributed by atoms with Gasteiger partial charge >= 0.3 is 0 Å². The Morgan fingerprint density at radius 3 is 2.90 bits per heavy atom. The quantitative estimate of drug-likeness (QED) is 0.891. The molecular formula is C17H17NO3. The fourth-order valence-electron chi connectivity index (χ4n) is 2.56. The highest BCUT2D eigenvalue weighted by molar-refractivity contribution is 5.97. The van der Waals surface area contributed by atoms with Gasteiger partial charge in [0.15, 0.2) is 0 Å². The van der Waals surface area contributed by atoms with Crippen LogP contribution in [0.1, 0.15) is 33.9 Å². The van der Waals surface area contributed by atoms with Gasteiger partial charge in [-0.1, -0.05) is 24.3 Å². The molecule has 1 atom stereocenters. The molecule has 4 nitrogen and oxygen atoms in total. The Kier molecular flexibility index (Phi) is 3.52. The van der Waals surface area contributed by atoms with E-state index >= 15 is 0 Å². The number of fused-ring (bicyclic) bond motifs is 1. The van der Waals surface area contributed by atoms with Crippen LogP contribution in [0.3, 0.4) is 0 Å². The van der Waals surface area contributed by atoms with Gasteiger partial charge in [-0.25, -0.2) is 0 Å². The number of carbonyl (C=O) groups excluding carboxylic acids is 1. The largest absolute Gasteiger partial charge is 0.507 e. The third-order valence-electron chi connectivity index (χ3n) is 3.66. The first-order valence-electron chi connectivity index (χ1n) is 6.97. The zero-order chi connectivity index (χ0) is 14.8. The van der Waals surface area contributed by atoms with Crippen molar-refractivity contribution in [2.24, 2.45) is 0 Å². The smallest absolute Gasteiger partial charge is 0.255 e. The van der Waals surface area contributed by atoms with Crippen LogP contribution in [0, 0.1) is 6.92 Å². The molecule has 1 aliphatic rings. The van der Waals surface area contributed by atoms with Crippen LogP contribution in [0.25, 0.3) is 0 Å². The number of amides is 1. The van der Waals surface area contributed by atoms with Crippen molar-refractivity contribution in [3.8, 4) is 11.5 Å². The zero-order valence-electron chi connectivity index (χ0n) is 11.8. The van der Waals surface area contributed by atoms with E-state index in [0.717, 1.165) is 23.3 Å². The number of aryl methyl sites for hydroxylation is 1. The molecule has 108 valence electrons. The van der Waals surface area contributed by atoms with Crippen LogP contribution in [0.4, 0.5) is 0 Å². The molecule has 3 rings (SSSR count). The Morgan fingerprint density at radius 1 is 1.29 bits per heavy atom. The first-order valence-corrected chi connectivity index (χ1v) is 6.97. The van der Waals surface area contributed by atoms with Crippen LogP contribution in [0.2, 0.25) is 0 Å². The van der Waals surface area contributed by atoms with Crippen LogP contribution >= 0.6 is 0 Å². The topological polar surface area (TPSA) is 58.6 Å². The monoisotopic (exact) mass is 283 g/mol. The third-order valence-corrected chi connectivity index (χ3v) is 3.66. The molecule has 4 heteroatoms. The summed E-state index contributed by atoms with van der Waals surface area (Å²) < 4.78 is 5.58. The average Bonchev–Trinajstić information content (AvgIpc) is 2.47. The molecule has 0 radical (unpaired) electrons. The summed E-state index contributed by atoms with van der Waals surface area (Å²) in [5, 5.41) is 12.9. The van der Waals surface area contributed by atoms with E-state index in [-0.39, 0.29) is 17.7 Å². The highest BCUT2D eigenvalue weighted by Crippen LogP contribution is 2.32. The summed E-state index contributed by atoms with van der Waals surface area (Å²) in [5.41, 5.74) is 2.19. The van der Waals surface area contributed by atoms with Crippen LogP contribution in [-0.2, 0) is 0 Å². The van der Waals surface area contributed by atoms with E-state index < -0.39 is 0 Å². The van der Waals surface area contributed by atoms with Gasteiger partial charge in [0, 0.05) is 12.0 Å². The fraction of sp³-hybridized carbons (Fsp3) is 0.235. The predicted octanol–water partition coefficient (Wildman–Crippen LogP) is 2.95. The second-order valence-corrected chi connectivity index (χ2v) is 5.22. The normalized spacial score (nSPS) is 16.7. The predicted molar refractivity (Wildman–Crippen MR) is 79.6 cm³/mol. The first-order chi connectivity index (χ1) is 10.1. The molecule has 0 aliphatic carbocycles. The highest BCUT2D eigenvalue weighted by Gasteiger charge is 2.23. The molecular weight excluding hydrogens is 266 g/mol. The molecule has 2 N–H and O–H groups in total. The number of hydrogen-bond donors (Lipinski definition) is 2. The van der Waals surface area contributed by atoms with E-state index in [1.807, 2.05) is 37.3 Å². The SMILES string of the molecule is Cc1ccc(C(=O)NC2CCOc3ccccc32)c(O)c1. The van der Waals surface area contributed by atoms with Gasteiger partial charge in [-0.2, -0.15) is 0 Å². The van der Waals surface area contributed by atoms with Crippen LogP contribution < -0.4 is 10.1 Å². The van der Waals surface area contributed by atoms with Crippen molar-refractivity contribution in [1.29, 1.82) is 0 Å². The van der Waals surface area contributed by atoms with Crippen molar-refractivity contribution < 1.29 is 14.6 Å². The maximum absolute atomic E-state index is 12.3. The lowest BCUT2D eigenvalue weighted by atomic mass is 10.00. The number of para-hydroxylation sites is 1. The number of carbonyl (C=O) groups is 1. The van der Waals surface area contributed by atoms with E-state index in [0.29, 0.717) is 12.2 Å². The van der Waals surface area contributed by atoms with Gasteiger partial charge in [0.2, 0.25) is 0 Å². The summed E-state index contributed by atoms with van der Waals surface area (Å²) in [6.45, 7) is 2.44. The van der Waals surface area contributed by atoms with Crippen molar-refractivity contribution >= 4 is 5.91 Å². The molecule has 0 aromatic heterocycles. The van der Waals surface area contributed by atoms with E-state index in [4.69, 9.17) is 4.74 Å². The fourth-order valence-corrected chi connectivity index (χ4v) is 2.56. The Labute approximate surface area is 123 Å². The summed E-state index contributed by atoms with van der Waals surface area (Å²) >= 11 is 0. The van der Waals surface area contributed by atoms with Crippen LogP contribution in [0.5, 0.6) is 11.5 Å². The molecule has 0 fully saturated rings. The minimum absolute atomic E-state index is 0.00726. The molecule has 0 saturated heterocycles. The highest BCUT2D eigenvalue weighted by atomic mass is 16.5. The minimum Gasteiger partial charge on any atom is -0.507 e. The molecule has 0 spiro atoms. The molecule has 21 heavy (non-hydrogen) atoms. The molecule has 2 aromatic carbocycles. The Bertz CT molecular complexity index is 681. The average molecular weight is 283 g/mol. The van der Waals surface area contributed by atoms with Crippen LogP contribution in [-0.4, -0.2) is 17.6 Å². The van der Waals surface area contributed by atoms with Crippen LogP contribution in [0.15, 0.2) is 42.5 Å². The Balaban J connectivity index is 1.83. The number of hydrogen-bond acceptors (Lipinski definition) is 3. The van der Waals surface area contributed by atoms with Crippen molar-refractivity contribution in [3.63, 3.8) is 0 Å². The number of nitrogens with one attached hydrogen (secondary N) is 1. The van der Waals surface area contributed by atoms with Gasteiger partial charge < -0.3 is 15.2 Å². The summed E-state index contributed by atoms with van der Waals surface area (Å²) in [6, 6.07) is 12.6. The number of benzene rings is 2. The van der Waals surface area contributed by atoms with Gasteiger partial charge in [-0.05, 0) is 30.7 Å². The molecule has 1 heterocycles. The first kappa shape index (κ1) is 13.5. The molecule has 1 amide bonds. The molecule has 1 unspecified atom stereocenters. The molecule has 1 aliphatic heterocycles. The lowest BCUT2D eigenvalue weighted by Gasteiger charge is -2.26. The second kappa shape index (κ2) is 5.48. The van der Waals surface area contributed by atoms with Crippen molar-refractivity contribution in [2.45, 2.75) is 19.4 Å². The van der Waals surface area contributed by atoms with Crippen molar-refractivity contribution in [3.05, 3.63) is 59.2 Å². The van der Waals surface area contributed by atoms with E-state index in [1.54, 1.807) is 12.1 Å². The summed E-state index contributed by atoms with van der Waals surface area (Å²) in [4.78, 5) is 12.3. The van der Waals surface area contributed by atoms with Gasteiger partial charge in [0.05, 0.1) is 18.2 Å².